The molecule has 5 rings (SSSR count). The third-order valence-electron chi connectivity index (χ3n) is 6.28. The molecular weight excluding hydrogens is 440 g/mol. The van der Waals surface area contributed by atoms with E-state index in [0.29, 0.717) is 31.2 Å². The summed E-state index contributed by atoms with van der Waals surface area (Å²) in [5.41, 5.74) is 4.04. The second-order valence-electron chi connectivity index (χ2n) is 8.50. The van der Waals surface area contributed by atoms with Gasteiger partial charge in [0, 0.05) is 36.5 Å². The number of amides is 3. The number of aromatic nitrogens is 1. The monoisotopic (exact) mass is 464 g/mol. The minimum atomic E-state index is -0.355. The first kappa shape index (κ1) is 21.4. The predicted octanol–water partition coefficient (Wildman–Crippen LogP) is 3.54. The number of carbonyl (C=O) groups is 3. The molecule has 0 bridgehead atoms. The van der Waals surface area contributed by atoms with Crippen molar-refractivity contribution in [2.45, 2.75) is 33.2 Å². The van der Waals surface area contributed by atoms with Crippen molar-refractivity contribution in [3.8, 4) is 0 Å². The van der Waals surface area contributed by atoms with E-state index in [1.54, 1.807) is 21.9 Å². The topological polar surface area (TPSA) is 95.8 Å². The van der Waals surface area contributed by atoms with Crippen molar-refractivity contribution in [2.24, 2.45) is 5.92 Å². The van der Waals surface area contributed by atoms with E-state index >= 15 is 0 Å². The van der Waals surface area contributed by atoms with Gasteiger partial charge < -0.3 is 14.2 Å². The van der Waals surface area contributed by atoms with Gasteiger partial charge in [-0.3, -0.25) is 19.7 Å². The molecule has 2 aliphatic heterocycles. The molecule has 2 aromatic heterocycles. The molecule has 0 unspecified atom stereocenters. The molecule has 1 N–H and O–H groups in total. The van der Waals surface area contributed by atoms with Crippen molar-refractivity contribution < 1.29 is 18.8 Å². The highest BCUT2D eigenvalue weighted by Crippen LogP contribution is 2.32. The minimum absolute atomic E-state index is 0.00472. The molecule has 0 spiro atoms. The van der Waals surface area contributed by atoms with Gasteiger partial charge in [-0.1, -0.05) is 17.4 Å². The van der Waals surface area contributed by atoms with Crippen molar-refractivity contribution in [3.05, 3.63) is 64.1 Å². The lowest BCUT2D eigenvalue weighted by atomic mass is 10.1. The molecule has 0 radical (unpaired) electrons. The number of carbonyl (C=O) groups excluding carboxylic acids is 3. The molecule has 1 fully saturated rings. The zero-order chi connectivity index (χ0) is 23.1. The standard InChI is InChI=1S/C24H24N4O4S/c1-14-5-6-17(10-15(14)2)28-12-16(11-21(28)29)23(31)27-8-7-18-20(13-27)33-24(25-18)26-22(30)19-4-3-9-32-19/h3-6,9-10,16H,7-8,11-13H2,1-2H3,(H,25,26,30)/t16-/m1/s1. The van der Waals surface area contributed by atoms with Crippen molar-refractivity contribution in [1.82, 2.24) is 9.88 Å². The van der Waals surface area contributed by atoms with Crippen LogP contribution in [0.2, 0.25) is 0 Å². The summed E-state index contributed by atoms with van der Waals surface area (Å²) in [5.74, 6) is -0.509. The molecular formula is C24H24N4O4S. The quantitative estimate of drug-likeness (QED) is 0.637. The molecule has 3 aromatic rings. The Morgan fingerprint density at radius 2 is 2.06 bits per heavy atom. The van der Waals surface area contributed by atoms with Crippen molar-refractivity contribution in [1.29, 1.82) is 0 Å². The second kappa shape index (κ2) is 8.47. The van der Waals surface area contributed by atoms with Gasteiger partial charge in [0.1, 0.15) is 0 Å². The Morgan fingerprint density at radius 1 is 1.21 bits per heavy atom. The Hall–Kier alpha value is -3.46. The summed E-state index contributed by atoms with van der Waals surface area (Å²) in [4.78, 5) is 47.1. The van der Waals surface area contributed by atoms with Gasteiger partial charge in [0.2, 0.25) is 11.8 Å². The lowest BCUT2D eigenvalue weighted by molar-refractivity contribution is -0.136. The lowest BCUT2D eigenvalue weighted by Gasteiger charge is -2.28. The maximum absolute atomic E-state index is 13.2. The van der Waals surface area contributed by atoms with E-state index in [2.05, 4.69) is 10.3 Å². The number of nitrogens with one attached hydrogen (secondary N) is 1. The number of thiazole rings is 1. The first-order chi connectivity index (χ1) is 15.9. The van der Waals surface area contributed by atoms with Gasteiger partial charge in [0.05, 0.1) is 24.4 Å². The Bertz CT molecular complexity index is 1230. The smallest absolute Gasteiger partial charge is 0.293 e. The van der Waals surface area contributed by atoms with Gasteiger partial charge in [-0.15, -0.1) is 0 Å². The molecule has 8 nitrogen and oxygen atoms in total. The summed E-state index contributed by atoms with van der Waals surface area (Å²) >= 11 is 1.37. The summed E-state index contributed by atoms with van der Waals surface area (Å²) < 4.78 is 5.12. The van der Waals surface area contributed by atoms with E-state index in [-0.39, 0.29) is 35.8 Å². The summed E-state index contributed by atoms with van der Waals surface area (Å²) in [5, 5.41) is 3.25. The molecule has 4 heterocycles. The van der Waals surface area contributed by atoms with Crippen LogP contribution in [0.1, 0.15) is 38.7 Å². The van der Waals surface area contributed by atoms with Gasteiger partial charge in [-0.2, -0.15) is 0 Å². The fourth-order valence-electron chi connectivity index (χ4n) is 4.28. The third-order valence-corrected chi connectivity index (χ3v) is 7.28. The highest BCUT2D eigenvalue weighted by atomic mass is 32.1. The largest absolute Gasteiger partial charge is 0.459 e. The first-order valence-electron chi connectivity index (χ1n) is 10.9. The molecule has 1 aromatic carbocycles. The Morgan fingerprint density at radius 3 is 2.82 bits per heavy atom. The number of hydrogen-bond donors (Lipinski definition) is 1. The number of fused-ring (bicyclic) bond motifs is 1. The highest BCUT2D eigenvalue weighted by Gasteiger charge is 2.38. The van der Waals surface area contributed by atoms with Crippen molar-refractivity contribution in [2.75, 3.05) is 23.3 Å². The van der Waals surface area contributed by atoms with Crippen molar-refractivity contribution in [3.63, 3.8) is 0 Å². The average molecular weight is 465 g/mol. The fourth-order valence-corrected chi connectivity index (χ4v) is 5.30. The molecule has 1 atom stereocenters. The van der Waals surface area contributed by atoms with Crippen LogP contribution in [0.25, 0.3) is 0 Å². The maximum atomic E-state index is 13.2. The minimum Gasteiger partial charge on any atom is -0.459 e. The molecule has 2 aliphatic rings. The van der Waals surface area contributed by atoms with E-state index in [1.165, 1.54) is 23.2 Å². The molecule has 0 aliphatic carbocycles. The van der Waals surface area contributed by atoms with Gasteiger partial charge in [-0.25, -0.2) is 4.98 Å². The van der Waals surface area contributed by atoms with Crippen LogP contribution >= 0.6 is 11.3 Å². The Kier molecular flexibility index (Phi) is 5.49. The van der Waals surface area contributed by atoms with E-state index in [1.807, 2.05) is 32.0 Å². The molecule has 1 saturated heterocycles. The van der Waals surface area contributed by atoms with Gasteiger partial charge in [0.15, 0.2) is 10.9 Å². The number of furan rings is 1. The molecule has 33 heavy (non-hydrogen) atoms. The van der Waals surface area contributed by atoms with Crippen LogP contribution in [0.4, 0.5) is 10.8 Å². The Labute approximate surface area is 195 Å². The molecule has 0 saturated carbocycles. The van der Waals surface area contributed by atoms with Gasteiger partial charge in [0.25, 0.3) is 5.91 Å². The number of benzene rings is 1. The SMILES string of the molecule is Cc1ccc(N2C[C@H](C(=O)N3CCc4nc(NC(=O)c5ccco5)sc4C3)CC2=O)cc1C. The van der Waals surface area contributed by atoms with Crippen LogP contribution in [0.5, 0.6) is 0 Å². The number of hydrogen-bond acceptors (Lipinski definition) is 6. The van der Waals surface area contributed by atoms with Crippen LogP contribution in [0, 0.1) is 19.8 Å². The molecule has 170 valence electrons. The molecule has 3 amide bonds. The van der Waals surface area contributed by atoms with Crippen LogP contribution in [-0.4, -0.2) is 40.7 Å². The number of rotatable bonds is 4. The van der Waals surface area contributed by atoms with E-state index in [4.69, 9.17) is 4.42 Å². The Balaban J connectivity index is 1.25. The zero-order valence-electron chi connectivity index (χ0n) is 18.5. The average Bonchev–Trinajstić information content (AvgIpc) is 3.54. The zero-order valence-corrected chi connectivity index (χ0v) is 19.3. The number of nitrogens with zero attached hydrogens (tertiary/aromatic N) is 3. The third kappa shape index (κ3) is 4.16. The maximum Gasteiger partial charge on any atom is 0.293 e. The summed E-state index contributed by atoms with van der Waals surface area (Å²) in [7, 11) is 0. The van der Waals surface area contributed by atoms with Crippen LogP contribution in [0.3, 0.4) is 0 Å². The second-order valence-corrected chi connectivity index (χ2v) is 9.59. The number of aryl methyl sites for hydroxylation is 2. The lowest BCUT2D eigenvalue weighted by Crippen LogP contribution is -2.40. The van der Waals surface area contributed by atoms with Crippen LogP contribution < -0.4 is 10.2 Å². The first-order valence-corrected chi connectivity index (χ1v) is 11.7. The van der Waals surface area contributed by atoms with Crippen LogP contribution in [-0.2, 0) is 22.6 Å². The van der Waals surface area contributed by atoms with Gasteiger partial charge >= 0.3 is 0 Å². The van der Waals surface area contributed by atoms with Gasteiger partial charge in [-0.05, 0) is 49.2 Å². The van der Waals surface area contributed by atoms with E-state index < -0.39 is 0 Å². The van der Waals surface area contributed by atoms with E-state index in [9.17, 15) is 14.4 Å². The van der Waals surface area contributed by atoms with Crippen molar-refractivity contribution >= 4 is 39.9 Å². The molecule has 9 heteroatoms. The van der Waals surface area contributed by atoms with E-state index in [0.717, 1.165) is 21.8 Å². The summed E-state index contributed by atoms with van der Waals surface area (Å²) in [6.45, 7) is 5.45. The normalized spacial score (nSPS) is 17.9. The predicted molar refractivity (Wildman–Crippen MR) is 124 cm³/mol. The summed E-state index contributed by atoms with van der Waals surface area (Å²) in [6, 6.07) is 9.19. The fraction of sp³-hybridized carbons (Fsp3) is 0.333. The number of anilines is 2. The van der Waals surface area contributed by atoms with Crippen LogP contribution in [0.15, 0.2) is 41.0 Å². The highest BCUT2D eigenvalue weighted by molar-refractivity contribution is 7.15. The summed E-state index contributed by atoms with van der Waals surface area (Å²) in [6.07, 6.45) is 2.29.